The molecule has 25 heavy (non-hydrogen) atoms. The Morgan fingerprint density at radius 2 is 2.00 bits per heavy atom. The highest BCUT2D eigenvalue weighted by molar-refractivity contribution is 6.18. The molecule has 0 aliphatic carbocycles. The second-order valence-corrected chi connectivity index (χ2v) is 5.62. The van der Waals surface area contributed by atoms with Crippen LogP contribution in [0.25, 0.3) is 11.3 Å². The molecule has 1 aliphatic heterocycles. The Balaban J connectivity index is 1.79. The first kappa shape index (κ1) is 16.4. The molecule has 0 saturated heterocycles. The molecule has 0 unspecified atom stereocenters. The van der Waals surface area contributed by atoms with Crippen molar-refractivity contribution < 1.29 is 9.21 Å². The molecule has 126 valence electrons. The van der Waals surface area contributed by atoms with E-state index in [1.54, 1.807) is 18.4 Å². The average Bonchev–Trinajstić information content (AvgIpc) is 3.10. The Bertz CT molecular complexity index is 888. The molecule has 1 aliphatic rings. The Kier molecular flexibility index (Phi) is 4.61. The lowest BCUT2D eigenvalue weighted by Crippen LogP contribution is -2.24. The van der Waals surface area contributed by atoms with Crippen molar-refractivity contribution in [2.24, 2.45) is 4.99 Å². The number of hydrogen-bond donors (Lipinski definition) is 3. The van der Waals surface area contributed by atoms with Crippen LogP contribution in [0.4, 0.5) is 5.69 Å². The van der Waals surface area contributed by atoms with Crippen molar-refractivity contribution in [2.75, 3.05) is 5.32 Å². The van der Waals surface area contributed by atoms with Gasteiger partial charge in [-0.05, 0) is 56.3 Å². The van der Waals surface area contributed by atoms with E-state index < -0.39 is 5.91 Å². The summed E-state index contributed by atoms with van der Waals surface area (Å²) in [6, 6.07) is 11.0. The van der Waals surface area contributed by atoms with Gasteiger partial charge in [0, 0.05) is 28.9 Å². The molecule has 3 N–H and O–H groups in total. The van der Waals surface area contributed by atoms with Crippen LogP contribution < -0.4 is 10.6 Å². The summed E-state index contributed by atoms with van der Waals surface area (Å²) in [7, 11) is 0. The second-order valence-electron chi connectivity index (χ2n) is 5.62. The Hall–Kier alpha value is -3.41. The molecule has 6 nitrogen and oxygen atoms in total. The molecule has 0 radical (unpaired) electrons. The number of aliphatic imine (C=N–C) groups is 1. The number of hydrogen-bond acceptors (Lipinski definition) is 5. The normalized spacial score (nSPS) is 15.6. The standard InChI is InChI=1S/C19H18N4O2/c1-12-10-13(2)22-18(21-12)16(11-20)19(24)23-15-7-5-14(6-8-15)17-4-3-9-25-17/h3-11,20-21H,1-2H3,(H,23,24)/b18-16-,20-11?. The molecule has 1 aromatic carbocycles. The average molecular weight is 334 g/mol. The van der Waals surface area contributed by atoms with Crippen LogP contribution >= 0.6 is 0 Å². The van der Waals surface area contributed by atoms with Crippen LogP contribution in [-0.2, 0) is 4.79 Å². The summed E-state index contributed by atoms with van der Waals surface area (Å²) in [5.41, 5.74) is 3.37. The molecular formula is C19H18N4O2. The number of nitrogens with zero attached hydrogens (tertiary/aromatic N) is 1. The third kappa shape index (κ3) is 3.74. The number of amides is 1. The van der Waals surface area contributed by atoms with Gasteiger partial charge in [-0.15, -0.1) is 0 Å². The van der Waals surface area contributed by atoms with Crippen LogP contribution in [-0.4, -0.2) is 17.8 Å². The summed E-state index contributed by atoms with van der Waals surface area (Å²) in [6.07, 6.45) is 4.49. The number of allylic oxidation sites excluding steroid dienone is 2. The third-order valence-corrected chi connectivity index (χ3v) is 3.62. The van der Waals surface area contributed by atoms with Gasteiger partial charge in [-0.1, -0.05) is 0 Å². The fraction of sp³-hybridized carbons (Fsp3) is 0.105. The van der Waals surface area contributed by atoms with Crippen LogP contribution in [0.15, 0.2) is 75.2 Å². The molecule has 0 atom stereocenters. The summed E-state index contributed by atoms with van der Waals surface area (Å²) >= 11 is 0. The van der Waals surface area contributed by atoms with Crippen molar-refractivity contribution >= 4 is 23.5 Å². The van der Waals surface area contributed by atoms with Crippen LogP contribution in [0.3, 0.4) is 0 Å². The lowest BCUT2D eigenvalue weighted by molar-refractivity contribution is -0.112. The van der Waals surface area contributed by atoms with Gasteiger partial charge in [-0.25, -0.2) is 4.99 Å². The highest BCUT2D eigenvalue weighted by atomic mass is 16.3. The van der Waals surface area contributed by atoms with Gasteiger partial charge in [0.15, 0.2) is 0 Å². The van der Waals surface area contributed by atoms with Crippen LogP contribution in [0, 0.1) is 5.41 Å². The summed E-state index contributed by atoms with van der Waals surface area (Å²) in [5.74, 6) is 0.741. The zero-order chi connectivity index (χ0) is 17.8. The molecule has 0 fully saturated rings. The lowest BCUT2D eigenvalue weighted by atomic mass is 10.1. The zero-order valence-corrected chi connectivity index (χ0v) is 14.0. The molecular weight excluding hydrogens is 316 g/mol. The van der Waals surface area contributed by atoms with Crippen molar-refractivity contribution in [1.82, 2.24) is 5.32 Å². The van der Waals surface area contributed by atoms with Gasteiger partial charge in [0.25, 0.3) is 5.91 Å². The Morgan fingerprint density at radius 1 is 1.24 bits per heavy atom. The van der Waals surface area contributed by atoms with Crippen LogP contribution in [0.1, 0.15) is 13.8 Å². The number of nitrogens with one attached hydrogen (secondary N) is 3. The Morgan fingerprint density at radius 3 is 2.60 bits per heavy atom. The topological polar surface area (TPSA) is 90.5 Å². The van der Waals surface area contributed by atoms with Crippen LogP contribution in [0.2, 0.25) is 0 Å². The van der Waals surface area contributed by atoms with E-state index in [9.17, 15) is 4.79 Å². The predicted molar refractivity (Wildman–Crippen MR) is 98.6 cm³/mol. The number of furan rings is 1. The summed E-state index contributed by atoms with van der Waals surface area (Å²) < 4.78 is 5.34. The number of rotatable bonds is 4. The number of anilines is 1. The maximum atomic E-state index is 12.5. The lowest BCUT2D eigenvalue weighted by Gasteiger charge is -2.16. The second kappa shape index (κ2) is 7.00. The largest absolute Gasteiger partial charge is 0.464 e. The maximum Gasteiger partial charge on any atom is 0.260 e. The van der Waals surface area contributed by atoms with Gasteiger partial charge in [-0.3, -0.25) is 4.79 Å². The van der Waals surface area contributed by atoms with E-state index in [0.29, 0.717) is 11.5 Å². The van der Waals surface area contributed by atoms with Gasteiger partial charge in [0.05, 0.1) is 11.8 Å². The zero-order valence-electron chi connectivity index (χ0n) is 14.0. The maximum absolute atomic E-state index is 12.5. The molecule has 1 amide bonds. The minimum Gasteiger partial charge on any atom is -0.464 e. The smallest absolute Gasteiger partial charge is 0.260 e. The molecule has 2 heterocycles. The highest BCUT2D eigenvalue weighted by Crippen LogP contribution is 2.22. The van der Waals surface area contributed by atoms with Crippen molar-refractivity contribution in [1.29, 1.82) is 5.41 Å². The SMILES string of the molecule is CC1=CC(C)=N/C(=C(/C=N)C(=O)Nc2ccc(-c3ccco3)cc2)N1. The molecule has 0 saturated carbocycles. The van der Waals surface area contributed by atoms with Gasteiger partial charge >= 0.3 is 0 Å². The van der Waals surface area contributed by atoms with Crippen molar-refractivity contribution in [3.63, 3.8) is 0 Å². The first-order chi connectivity index (χ1) is 12.1. The summed E-state index contributed by atoms with van der Waals surface area (Å²) in [6.45, 7) is 3.72. The van der Waals surface area contributed by atoms with Gasteiger partial charge < -0.3 is 20.5 Å². The fourth-order valence-corrected chi connectivity index (χ4v) is 2.50. The van der Waals surface area contributed by atoms with Gasteiger partial charge in [-0.2, -0.15) is 0 Å². The molecule has 0 spiro atoms. The van der Waals surface area contributed by atoms with E-state index in [1.807, 2.05) is 44.2 Å². The van der Waals surface area contributed by atoms with E-state index in [4.69, 9.17) is 9.83 Å². The minimum atomic E-state index is -0.394. The summed E-state index contributed by atoms with van der Waals surface area (Å²) in [4.78, 5) is 16.8. The van der Waals surface area contributed by atoms with Gasteiger partial charge in [0.2, 0.25) is 0 Å². The molecule has 1 aromatic heterocycles. The highest BCUT2D eigenvalue weighted by Gasteiger charge is 2.16. The number of carbonyl (C=O) groups excluding carboxylic acids is 1. The summed E-state index contributed by atoms with van der Waals surface area (Å²) in [5, 5.41) is 13.4. The number of carbonyl (C=O) groups is 1. The molecule has 0 bridgehead atoms. The monoisotopic (exact) mass is 334 g/mol. The van der Waals surface area contributed by atoms with E-state index >= 15 is 0 Å². The molecule has 6 heteroatoms. The molecule has 3 rings (SSSR count). The van der Waals surface area contributed by atoms with Gasteiger partial charge in [0.1, 0.15) is 11.6 Å². The first-order valence-corrected chi connectivity index (χ1v) is 7.77. The van der Waals surface area contributed by atoms with Crippen molar-refractivity contribution in [2.45, 2.75) is 13.8 Å². The predicted octanol–water partition coefficient (Wildman–Crippen LogP) is 3.71. The van der Waals surface area contributed by atoms with Crippen LogP contribution in [0.5, 0.6) is 0 Å². The minimum absolute atomic E-state index is 0.168. The fourth-order valence-electron chi connectivity index (χ4n) is 2.50. The van der Waals surface area contributed by atoms with E-state index in [0.717, 1.165) is 28.9 Å². The van der Waals surface area contributed by atoms with E-state index in [1.165, 1.54) is 0 Å². The van der Waals surface area contributed by atoms with E-state index in [-0.39, 0.29) is 5.57 Å². The third-order valence-electron chi connectivity index (χ3n) is 3.62. The van der Waals surface area contributed by atoms with Crippen molar-refractivity contribution in [3.8, 4) is 11.3 Å². The number of benzene rings is 1. The van der Waals surface area contributed by atoms with E-state index in [2.05, 4.69) is 15.6 Å². The van der Waals surface area contributed by atoms with Crippen molar-refractivity contribution in [3.05, 3.63) is 65.8 Å². The first-order valence-electron chi connectivity index (χ1n) is 7.77. The quantitative estimate of drug-likeness (QED) is 0.588. The molecule has 2 aromatic rings. The Labute approximate surface area is 145 Å².